The number of rotatable bonds is 2. The maximum absolute atomic E-state index is 12.8. The quantitative estimate of drug-likeness (QED) is 0.909. The van der Waals surface area contributed by atoms with Crippen LogP contribution in [-0.2, 0) is 10.2 Å². The highest BCUT2D eigenvalue weighted by molar-refractivity contribution is 5.87. The molecule has 1 heterocycles. The summed E-state index contributed by atoms with van der Waals surface area (Å²) < 4.78 is 0. The second kappa shape index (κ2) is 7.09. The molecule has 0 bridgehead atoms. The maximum Gasteiger partial charge on any atom is 0.232 e. The first-order chi connectivity index (χ1) is 9.03. The lowest BCUT2D eigenvalue weighted by molar-refractivity contribution is -0.136. The van der Waals surface area contributed by atoms with Crippen molar-refractivity contribution < 1.29 is 4.79 Å². The summed E-state index contributed by atoms with van der Waals surface area (Å²) in [4.78, 5) is 14.8. The predicted octanol–water partition coefficient (Wildman–Crippen LogP) is 2.52. The summed E-state index contributed by atoms with van der Waals surface area (Å²) in [5.74, 6) is 0.241. The zero-order valence-corrected chi connectivity index (χ0v) is 13.4. The molecule has 0 aliphatic carbocycles. The van der Waals surface area contributed by atoms with Gasteiger partial charge in [0, 0.05) is 19.6 Å². The number of benzene rings is 1. The largest absolute Gasteiger partial charge is 0.341 e. The van der Waals surface area contributed by atoms with Crippen molar-refractivity contribution in [1.29, 1.82) is 0 Å². The van der Waals surface area contributed by atoms with Gasteiger partial charge in [-0.05, 0) is 44.9 Å². The maximum atomic E-state index is 12.8. The number of amides is 1. The summed E-state index contributed by atoms with van der Waals surface area (Å²) in [6.45, 7) is 9.74. The molecular formula is C16H25ClN2O. The molecule has 4 heteroatoms. The summed E-state index contributed by atoms with van der Waals surface area (Å²) in [7, 11) is 0. The fraction of sp³-hybridized carbons (Fsp3) is 0.562. The third-order valence-electron chi connectivity index (χ3n) is 3.98. The van der Waals surface area contributed by atoms with Crippen molar-refractivity contribution in [3.8, 4) is 0 Å². The molecule has 1 aliphatic rings. The molecule has 1 aromatic carbocycles. The topological polar surface area (TPSA) is 32.3 Å². The van der Waals surface area contributed by atoms with Gasteiger partial charge in [-0.1, -0.05) is 24.3 Å². The Morgan fingerprint density at radius 1 is 1.20 bits per heavy atom. The number of aryl methyl sites for hydroxylation is 1. The molecule has 1 saturated heterocycles. The van der Waals surface area contributed by atoms with E-state index in [1.165, 1.54) is 5.56 Å². The fourth-order valence-electron chi connectivity index (χ4n) is 2.83. The van der Waals surface area contributed by atoms with Gasteiger partial charge in [-0.25, -0.2) is 0 Å². The van der Waals surface area contributed by atoms with E-state index in [1.54, 1.807) is 0 Å². The minimum atomic E-state index is -0.449. The van der Waals surface area contributed by atoms with Gasteiger partial charge in [0.25, 0.3) is 0 Å². The van der Waals surface area contributed by atoms with Crippen molar-refractivity contribution in [1.82, 2.24) is 10.2 Å². The fourth-order valence-corrected chi connectivity index (χ4v) is 2.83. The third kappa shape index (κ3) is 3.53. The molecule has 0 saturated carbocycles. The zero-order valence-electron chi connectivity index (χ0n) is 12.6. The Hall–Kier alpha value is -1.06. The van der Waals surface area contributed by atoms with E-state index < -0.39 is 5.41 Å². The lowest BCUT2D eigenvalue weighted by atomic mass is 9.80. The third-order valence-corrected chi connectivity index (χ3v) is 3.98. The van der Waals surface area contributed by atoms with Gasteiger partial charge < -0.3 is 10.2 Å². The second-order valence-corrected chi connectivity index (χ2v) is 5.84. The van der Waals surface area contributed by atoms with E-state index in [9.17, 15) is 4.79 Å². The van der Waals surface area contributed by atoms with E-state index in [2.05, 4.69) is 24.4 Å². The van der Waals surface area contributed by atoms with Gasteiger partial charge in [0.1, 0.15) is 0 Å². The molecule has 0 unspecified atom stereocenters. The average molecular weight is 297 g/mol. The Labute approximate surface area is 128 Å². The van der Waals surface area contributed by atoms with Gasteiger partial charge >= 0.3 is 0 Å². The Morgan fingerprint density at radius 2 is 1.90 bits per heavy atom. The monoisotopic (exact) mass is 296 g/mol. The first-order valence-corrected chi connectivity index (χ1v) is 7.09. The van der Waals surface area contributed by atoms with Crippen LogP contribution in [0.3, 0.4) is 0 Å². The minimum absolute atomic E-state index is 0. The molecule has 1 aliphatic heterocycles. The Bertz CT molecular complexity index is 452. The molecular weight excluding hydrogens is 272 g/mol. The minimum Gasteiger partial charge on any atom is -0.341 e. The van der Waals surface area contributed by atoms with E-state index in [0.29, 0.717) is 0 Å². The molecule has 1 fully saturated rings. The number of hydrogen-bond donors (Lipinski definition) is 1. The summed E-state index contributed by atoms with van der Waals surface area (Å²) in [6, 6.07) is 8.19. The first kappa shape index (κ1) is 17.0. The van der Waals surface area contributed by atoms with Crippen LogP contribution in [0.4, 0.5) is 0 Å². The molecule has 0 aromatic heterocycles. The van der Waals surface area contributed by atoms with Crippen LogP contribution in [0.1, 0.15) is 31.4 Å². The molecule has 20 heavy (non-hydrogen) atoms. The summed E-state index contributed by atoms with van der Waals surface area (Å²) in [5, 5.41) is 3.34. The summed E-state index contributed by atoms with van der Waals surface area (Å²) in [5.41, 5.74) is 1.88. The SMILES string of the molecule is Cc1ccccc1C(C)(C)C(=O)N1CCCNCC1.Cl. The van der Waals surface area contributed by atoms with Crippen LogP contribution in [-0.4, -0.2) is 37.0 Å². The van der Waals surface area contributed by atoms with Crippen LogP contribution in [0.25, 0.3) is 0 Å². The molecule has 112 valence electrons. The van der Waals surface area contributed by atoms with Gasteiger partial charge in [-0.15, -0.1) is 12.4 Å². The van der Waals surface area contributed by atoms with Crippen molar-refractivity contribution in [2.45, 2.75) is 32.6 Å². The Morgan fingerprint density at radius 3 is 2.60 bits per heavy atom. The highest BCUT2D eigenvalue weighted by Gasteiger charge is 2.34. The standard InChI is InChI=1S/C16H24N2O.ClH/c1-13-7-4-5-8-14(13)16(2,3)15(19)18-11-6-9-17-10-12-18;/h4-5,7-8,17H,6,9-12H2,1-3H3;1H. The Balaban J connectivity index is 0.00000200. The van der Waals surface area contributed by atoms with Crippen LogP contribution < -0.4 is 5.32 Å². The van der Waals surface area contributed by atoms with Crippen LogP contribution in [0.15, 0.2) is 24.3 Å². The van der Waals surface area contributed by atoms with Gasteiger partial charge in [-0.2, -0.15) is 0 Å². The van der Waals surface area contributed by atoms with Crippen molar-refractivity contribution in [2.24, 2.45) is 0 Å². The van der Waals surface area contributed by atoms with Crippen LogP contribution in [0, 0.1) is 6.92 Å². The van der Waals surface area contributed by atoms with Gasteiger partial charge in [-0.3, -0.25) is 4.79 Å². The lowest BCUT2D eigenvalue weighted by Crippen LogP contribution is -2.45. The van der Waals surface area contributed by atoms with E-state index in [1.807, 2.05) is 30.9 Å². The molecule has 0 spiro atoms. The molecule has 1 amide bonds. The highest BCUT2D eigenvalue weighted by Crippen LogP contribution is 2.28. The predicted molar refractivity (Wildman–Crippen MR) is 85.5 cm³/mol. The molecule has 1 N–H and O–H groups in total. The number of halogens is 1. The Kier molecular flexibility index (Phi) is 6.03. The van der Waals surface area contributed by atoms with E-state index in [-0.39, 0.29) is 18.3 Å². The number of carbonyl (C=O) groups excluding carboxylic acids is 1. The van der Waals surface area contributed by atoms with Crippen molar-refractivity contribution in [3.05, 3.63) is 35.4 Å². The van der Waals surface area contributed by atoms with Crippen molar-refractivity contribution >= 4 is 18.3 Å². The van der Waals surface area contributed by atoms with Gasteiger partial charge in [0.2, 0.25) is 5.91 Å². The first-order valence-electron chi connectivity index (χ1n) is 7.09. The smallest absolute Gasteiger partial charge is 0.232 e. The molecule has 2 rings (SSSR count). The number of hydrogen-bond acceptors (Lipinski definition) is 2. The van der Waals surface area contributed by atoms with Gasteiger partial charge in [0.05, 0.1) is 5.41 Å². The average Bonchev–Trinajstić information content (AvgIpc) is 2.67. The second-order valence-electron chi connectivity index (χ2n) is 5.84. The van der Waals surface area contributed by atoms with E-state index in [4.69, 9.17) is 0 Å². The summed E-state index contributed by atoms with van der Waals surface area (Å²) in [6.07, 6.45) is 1.04. The lowest BCUT2D eigenvalue weighted by Gasteiger charge is -2.32. The molecule has 3 nitrogen and oxygen atoms in total. The van der Waals surface area contributed by atoms with Crippen LogP contribution in [0.5, 0.6) is 0 Å². The number of nitrogens with zero attached hydrogens (tertiary/aromatic N) is 1. The summed E-state index contributed by atoms with van der Waals surface area (Å²) >= 11 is 0. The number of nitrogens with one attached hydrogen (secondary N) is 1. The normalized spacial score (nSPS) is 16.2. The van der Waals surface area contributed by atoms with Crippen LogP contribution >= 0.6 is 12.4 Å². The van der Waals surface area contributed by atoms with Crippen LogP contribution in [0.2, 0.25) is 0 Å². The molecule has 1 aromatic rings. The van der Waals surface area contributed by atoms with Gasteiger partial charge in [0.15, 0.2) is 0 Å². The van der Waals surface area contributed by atoms with E-state index in [0.717, 1.165) is 38.2 Å². The zero-order chi connectivity index (χ0) is 13.9. The molecule has 0 radical (unpaired) electrons. The number of carbonyl (C=O) groups is 1. The van der Waals surface area contributed by atoms with Crippen molar-refractivity contribution in [3.63, 3.8) is 0 Å². The van der Waals surface area contributed by atoms with E-state index >= 15 is 0 Å². The van der Waals surface area contributed by atoms with Crippen molar-refractivity contribution in [2.75, 3.05) is 26.2 Å². The molecule has 0 atom stereocenters. The highest BCUT2D eigenvalue weighted by atomic mass is 35.5.